The highest BCUT2D eigenvalue weighted by molar-refractivity contribution is 6.32. The number of aryl methyl sites for hydroxylation is 1. The van der Waals surface area contributed by atoms with E-state index < -0.39 is 0 Å². The van der Waals surface area contributed by atoms with E-state index in [1.807, 2.05) is 12.3 Å². The molecule has 0 amide bonds. The van der Waals surface area contributed by atoms with Crippen molar-refractivity contribution in [2.75, 3.05) is 0 Å². The Bertz CT molecular complexity index is 877. The van der Waals surface area contributed by atoms with Crippen molar-refractivity contribution in [1.82, 2.24) is 20.2 Å². The third kappa shape index (κ3) is 2.17. The molecule has 4 rings (SSSR count). The van der Waals surface area contributed by atoms with Crippen LogP contribution in [0.25, 0.3) is 10.9 Å². The predicted molar refractivity (Wildman–Crippen MR) is 84.1 cm³/mol. The van der Waals surface area contributed by atoms with Crippen LogP contribution in [0.4, 0.5) is 0 Å². The molecule has 7 heteroatoms. The van der Waals surface area contributed by atoms with Crippen LogP contribution >= 0.6 is 23.2 Å². The second-order valence-electron chi connectivity index (χ2n) is 5.34. The van der Waals surface area contributed by atoms with Gasteiger partial charge in [-0.25, -0.2) is 9.97 Å². The van der Waals surface area contributed by atoms with Crippen molar-refractivity contribution in [3.8, 4) is 0 Å². The summed E-state index contributed by atoms with van der Waals surface area (Å²) in [6.07, 6.45) is 2.34. The summed E-state index contributed by atoms with van der Waals surface area (Å²) in [5, 5.41) is 8.72. The van der Waals surface area contributed by atoms with E-state index in [2.05, 4.69) is 33.2 Å². The Kier molecular flexibility index (Phi) is 3.29. The maximum absolute atomic E-state index is 6.12. The summed E-state index contributed by atoms with van der Waals surface area (Å²) in [5.41, 5.74) is 4.95. The number of ether oxygens (including phenoxy) is 1. The van der Waals surface area contributed by atoms with E-state index in [-0.39, 0.29) is 11.4 Å². The molecule has 3 aromatic rings. The van der Waals surface area contributed by atoms with E-state index in [1.165, 1.54) is 0 Å². The van der Waals surface area contributed by atoms with E-state index >= 15 is 0 Å². The highest BCUT2D eigenvalue weighted by Gasteiger charge is 2.27. The third-order valence-electron chi connectivity index (χ3n) is 4.03. The van der Waals surface area contributed by atoms with Gasteiger partial charge in [0.15, 0.2) is 0 Å². The molecule has 0 bridgehead atoms. The molecule has 0 aliphatic carbocycles. The number of hydrogen-bond acceptors (Lipinski definition) is 4. The molecule has 1 N–H and O–H groups in total. The van der Waals surface area contributed by atoms with Gasteiger partial charge in [-0.3, -0.25) is 5.10 Å². The smallest absolute Gasteiger partial charge is 0.224 e. The molecule has 0 saturated heterocycles. The first-order valence-corrected chi connectivity index (χ1v) is 7.64. The molecule has 1 atom stereocenters. The first-order chi connectivity index (χ1) is 10.6. The van der Waals surface area contributed by atoms with E-state index in [9.17, 15) is 0 Å². The van der Waals surface area contributed by atoms with Crippen LogP contribution in [0.1, 0.15) is 28.5 Å². The van der Waals surface area contributed by atoms with Crippen molar-refractivity contribution < 1.29 is 4.74 Å². The van der Waals surface area contributed by atoms with Crippen molar-refractivity contribution in [1.29, 1.82) is 0 Å². The molecule has 0 saturated carbocycles. The Morgan fingerprint density at radius 3 is 3.00 bits per heavy atom. The standard InChI is InChI=1S/C15H12Cl2N4O/c1-7-2-3-10-8(5-18-21-10)13(7)12-4-11-9(6-22-12)14(16)20-15(17)19-11/h2-3,5,12H,4,6H2,1H3,(H,18,21). The lowest BCUT2D eigenvalue weighted by molar-refractivity contribution is 0.0264. The molecular weight excluding hydrogens is 323 g/mol. The van der Waals surface area contributed by atoms with Crippen molar-refractivity contribution in [2.45, 2.75) is 26.1 Å². The van der Waals surface area contributed by atoms with Crippen molar-refractivity contribution >= 4 is 34.1 Å². The Balaban J connectivity index is 1.81. The first kappa shape index (κ1) is 13.9. The molecule has 0 fully saturated rings. The molecule has 5 nitrogen and oxygen atoms in total. The topological polar surface area (TPSA) is 63.7 Å². The van der Waals surface area contributed by atoms with Crippen molar-refractivity contribution in [3.05, 3.63) is 51.2 Å². The molecule has 0 radical (unpaired) electrons. The zero-order valence-electron chi connectivity index (χ0n) is 11.7. The summed E-state index contributed by atoms with van der Waals surface area (Å²) in [6, 6.07) is 4.09. The SMILES string of the molecule is Cc1ccc2[nH]ncc2c1C1Cc2nc(Cl)nc(Cl)c2CO1. The lowest BCUT2D eigenvalue weighted by Gasteiger charge is -2.26. The fourth-order valence-electron chi connectivity index (χ4n) is 2.96. The molecule has 1 unspecified atom stereocenters. The Hall–Kier alpha value is -1.69. The van der Waals surface area contributed by atoms with Gasteiger partial charge in [-0.15, -0.1) is 0 Å². The summed E-state index contributed by atoms with van der Waals surface area (Å²) >= 11 is 12.0. The van der Waals surface area contributed by atoms with Gasteiger partial charge in [0.05, 0.1) is 30.1 Å². The summed E-state index contributed by atoms with van der Waals surface area (Å²) < 4.78 is 6.02. The molecule has 1 aliphatic heterocycles. The maximum atomic E-state index is 6.12. The molecule has 22 heavy (non-hydrogen) atoms. The number of H-pyrrole nitrogens is 1. The highest BCUT2D eigenvalue weighted by Crippen LogP contribution is 2.37. The highest BCUT2D eigenvalue weighted by atomic mass is 35.5. The summed E-state index contributed by atoms with van der Waals surface area (Å²) in [5.74, 6) is 0. The molecule has 0 spiro atoms. The summed E-state index contributed by atoms with van der Waals surface area (Å²) in [4.78, 5) is 8.28. The zero-order valence-corrected chi connectivity index (χ0v) is 13.2. The van der Waals surface area contributed by atoms with Gasteiger partial charge in [-0.1, -0.05) is 17.7 Å². The molecule has 112 valence electrons. The van der Waals surface area contributed by atoms with Crippen LogP contribution in [0.15, 0.2) is 18.3 Å². The fraction of sp³-hybridized carbons (Fsp3) is 0.267. The van der Waals surface area contributed by atoms with E-state index in [0.29, 0.717) is 18.2 Å². The fourth-order valence-corrected chi connectivity index (χ4v) is 3.44. The van der Waals surface area contributed by atoms with Crippen LogP contribution in [0, 0.1) is 6.92 Å². The quantitative estimate of drug-likeness (QED) is 0.543. The van der Waals surface area contributed by atoms with Crippen LogP contribution < -0.4 is 0 Å². The van der Waals surface area contributed by atoms with Crippen LogP contribution in [0.3, 0.4) is 0 Å². The number of halogens is 2. The summed E-state index contributed by atoms with van der Waals surface area (Å²) in [6.45, 7) is 2.45. The molecule has 1 aliphatic rings. The van der Waals surface area contributed by atoms with Crippen LogP contribution in [-0.4, -0.2) is 20.2 Å². The Labute approximate surface area is 136 Å². The number of hydrogen-bond donors (Lipinski definition) is 1. The number of nitrogens with one attached hydrogen (secondary N) is 1. The number of rotatable bonds is 1. The van der Waals surface area contributed by atoms with Gasteiger partial charge in [0.1, 0.15) is 5.15 Å². The largest absolute Gasteiger partial charge is 0.368 e. The van der Waals surface area contributed by atoms with Gasteiger partial charge in [0.25, 0.3) is 0 Å². The van der Waals surface area contributed by atoms with E-state index in [0.717, 1.165) is 33.3 Å². The number of nitrogens with zero attached hydrogens (tertiary/aromatic N) is 3. The number of aromatic nitrogens is 4. The van der Waals surface area contributed by atoms with Crippen LogP contribution in [0.2, 0.25) is 10.4 Å². The van der Waals surface area contributed by atoms with Gasteiger partial charge in [-0.2, -0.15) is 5.10 Å². The van der Waals surface area contributed by atoms with Gasteiger partial charge in [-0.05, 0) is 35.7 Å². The van der Waals surface area contributed by atoms with Crippen molar-refractivity contribution in [2.24, 2.45) is 0 Å². The van der Waals surface area contributed by atoms with Crippen molar-refractivity contribution in [3.63, 3.8) is 0 Å². The normalized spacial score (nSPS) is 17.7. The lowest BCUT2D eigenvalue weighted by Crippen LogP contribution is -2.19. The van der Waals surface area contributed by atoms with Gasteiger partial charge >= 0.3 is 0 Å². The minimum Gasteiger partial charge on any atom is -0.368 e. The minimum atomic E-state index is -0.101. The average Bonchev–Trinajstić information content (AvgIpc) is 2.94. The number of benzene rings is 1. The van der Waals surface area contributed by atoms with E-state index in [4.69, 9.17) is 27.9 Å². The molecule has 2 aromatic heterocycles. The second kappa shape index (κ2) is 5.19. The Morgan fingerprint density at radius 2 is 2.14 bits per heavy atom. The predicted octanol–water partition coefficient (Wildman–Crippen LogP) is 3.78. The van der Waals surface area contributed by atoms with Crippen LogP contribution in [0.5, 0.6) is 0 Å². The number of aromatic amines is 1. The zero-order chi connectivity index (χ0) is 15.3. The maximum Gasteiger partial charge on any atom is 0.224 e. The van der Waals surface area contributed by atoms with Crippen LogP contribution in [-0.2, 0) is 17.8 Å². The van der Waals surface area contributed by atoms with Gasteiger partial charge in [0, 0.05) is 17.4 Å². The molecule has 1 aromatic carbocycles. The monoisotopic (exact) mass is 334 g/mol. The van der Waals surface area contributed by atoms with Gasteiger partial charge in [0.2, 0.25) is 5.28 Å². The Morgan fingerprint density at radius 1 is 1.27 bits per heavy atom. The van der Waals surface area contributed by atoms with E-state index in [1.54, 1.807) is 0 Å². The van der Waals surface area contributed by atoms with Gasteiger partial charge < -0.3 is 4.74 Å². The lowest BCUT2D eigenvalue weighted by atomic mass is 9.94. The first-order valence-electron chi connectivity index (χ1n) is 6.88. The second-order valence-corrected chi connectivity index (χ2v) is 6.04. The third-order valence-corrected chi connectivity index (χ3v) is 4.51. The summed E-state index contributed by atoms with van der Waals surface area (Å²) in [7, 11) is 0. The molecular formula is C15H12Cl2N4O. The average molecular weight is 335 g/mol. The minimum absolute atomic E-state index is 0.101. The number of fused-ring (bicyclic) bond motifs is 2. The molecule has 3 heterocycles.